The van der Waals surface area contributed by atoms with E-state index in [-0.39, 0.29) is 17.4 Å². The third kappa shape index (κ3) is 54.1. The predicted octanol–water partition coefficient (Wildman–Crippen LogP) is 5.17. The molecule has 0 aromatic heterocycles. The predicted molar refractivity (Wildman–Crippen MR) is 131 cm³/mol. The molecule has 1 radical (unpaired) electrons. The van der Waals surface area contributed by atoms with Gasteiger partial charge in [-0.25, -0.2) is 0 Å². The zero-order chi connectivity index (χ0) is 25.6. The van der Waals surface area contributed by atoms with Gasteiger partial charge in [-0.2, -0.15) is 0 Å². The first-order chi connectivity index (χ1) is 15.8. The van der Waals surface area contributed by atoms with Crippen molar-refractivity contribution in [1.29, 1.82) is 0 Å². The van der Waals surface area contributed by atoms with Crippen molar-refractivity contribution < 1.29 is 59.3 Å². The normalized spacial score (nSPS) is 12.9. The second kappa shape index (κ2) is 38.5. The molecule has 0 heterocycles. The molecule has 13 heteroatoms. The van der Waals surface area contributed by atoms with Gasteiger partial charge in [0.05, 0.1) is 19.8 Å². The average Bonchev–Trinajstić information content (AvgIpc) is 2.76. The summed E-state index contributed by atoms with van der Waals surface area (Å²) >= 11 is 0. The Kier molecular flexibility index (Phi) is 47.7. The molecule has 0 amide bonds. The Labute approximate surface area is 220 Å². The van der Waals surface area contributed by atoms with E-state index in [4.69, 9.17) is 0 Å². The quantitative estimate of drug-likeness (QED) is 0.131. The van der Waals surface area contributed by atoms with Crippen LogP contribution in [0.1, 0.15) is 117 Å². The molecule has 0 N–H and O–H groups in total. The number of hydrogen-bond acceptors (Lipinski definition) is 9. The third-order valence-electron chi connectivity index (χ3n) is 4.40. The molecule has 9 nitrogen and oxygen atoms in total. The zero-order valence-electron chi connectivity index (χ0n) is 21.3. The summed E-state index contributed by atoms with van der Waals surface area (Å²) in [4.78, 5) is 29.8. The summed E-state index contributed by atoms with van der Waals surface area (Å²) in [6, 6.07) is 0. The SMILES string of the molecule is CCCCCCCO[PH](=O)[O-].CCCCCCCO[PH](=O)[O-].CCCCCCCO[PH](=O)[O-].[Cr+3]. The van der Waals surface area contributed by atoms with E-state index in [0.29, 0.717) is 19.8 Å². The van der Waals surface area contributed by atoms with E-state index in [1.54, 1.807) is 0 Å². The molecule has 0 aliphatic carbocycles. The first-order valence-corrected chi connectivity index (χ1v) is 16.0. The van der Waals surface area contributed by atoms with Crippen LogP contribution < -0.4 is 14.7 Å². The first kappa shape index (κ1) is 42.1. The Morgan fingerprint density at radius 3 is 0.824 bits per heavy atom. The molecule has 34 heavy (non-hydrogen) atoms. The molecular formula is C21H48CrO9P3. The molecule has 0 aromatic carbocycles. The van der Waals surface area contributed by atoms with Crippen molar-refractivity contribution in [1.82, 2.24) is 0 Å². The van der Waals surface area contributed by atoms with Crippen molar-refractivity contribution in [2.24, 2.45) is 0 Å². The number of rotatable bonds is 21. The summed E-state index contributed by atoms with van der Waals surface area (Å²) in [5.74, 6) is 0. The van der Waals surface area contributed by atoms with Crippen molar-refractivity contribution >= 4 is 24.8 Å². The molecule has 0 bridgehead atoms. The van der Waals surface area contributed by atoms with E-state index in [2.05, 4.69) is 34.3 Å². The van der Waals surface area contributed by atoms with Gasteiger partial charge in [-0.05, 0) is 19.3 Å². The molecular weight excluding hydrogens is 541 g/mol. The van der Waals surface area contributed by atoms with Crippen LogP contribution in [0.25, 0.3) is 0 Å². The molecule has 207 valence electrons. The molecule has 0 saturated carbocycles. The molecule has 0 rings (SSSR count). The second-order valence-electron chi connectivity index (χ2n) is 7.54. The minimum Gasteiger partial charge on any atom is -0.781 e. The summed E-state index contributed by atoms with van der Waals surface area (Å²) < 4.78 is 43.1. The molecule has 0 aromatic rings. The molecule has 0 fully saturated rings. The Balaban J connectivity index is -0.000000196. The standard InChI is InChI=1S/3C7H17O3P.Cr/c3*1-2-3-4-5-6-7-10-11(8)9;/h3*11H,2-7H2,1H3,(H,8,9);/q;;;+3/p-3. The van der Waals surface area contributed by atoms with Gasteiger partial charge in [-0.1, -0.05) is 97.8 Å². The van der Waals surface area contributed by atoms with Gasteiger partial charge in [0.2, 0.25) is 0 Å². The topological polar surface area (TPSA) is 148 Å². The van der Waals surface area contributed by atoms with E-state index < -0.39 is 24.8 Å². The summed E-state index contributed by atoms with van der Waals surface area (Å²) in [6.45, 7) is 7.54. The second-order valence-corrected chi connectivity index (χ2v) is 9.90. The van der Waals surface area contributed by atoms with Crippen molar-refractivity contribution in [3.63, 3.8) is 0 Å². The molecule has 3 unspecified atom stereocenters. The summed E-state index contributed by atoms with van der Waals surface area (Å²) in [6.07, 6.45) is 16.6. The van der Waals surface area contributed by atoms with Crippen LogP contribution >= 0.6 is 24.8 Å². The fourth-order valence-corrected chi connectivity index (χ4v) is 3.52. The van der Waals surface area contributed by atoms with E-state index in [9.17, 15) is 28.4 Å². The van der Waals surface area contributed by atoms with E-state index in [1.807, 2.05) is 0 Å². The molecule has 0 saturated heterocycles. The molecule has 0 aliphatic heterocycles. The fourth-order valence-electron chi connectivity index (χ4n) is 2.58. The average molecular weight is 590 g/mol. The van der Waals surface area contributed by atoms with Crippen molar-refractivity contribution in [2.45, 2.75) is 117 Å². The van der Waals surface area contributed by atoms with Gasteiger partial charge in [-0.3, -0.25) is 0 Å². The van der Waals surface area contributed by atoms with Crippen LogP contribution in [0.5, 0.6) is 0 Å². The maximum absolute atomic E-state index is 9.94. The van der Waals surface area contributed by atoms with Gasteiger partial charge in [0, 0.05) is 0 Å². The van der Waals surface area contributed by atoms with Gasteiger partial charge < -0.3 is 41.9 Å². The van der Waals surface area contributed by atoms with E-state index in [1.165, 1.54) is 57.8 Å². The Morgan fingerprint density at radius 1 is 0.441 bits per heavy atom. The summed E-state index contributed by atoms with van der Waals surface area (Å²) in [5.41, 5.74) is 0. The summed E-state index contributed by atoms with van der Waals surface area (Å²) in [5, 5.41) is 0. The summed E-state index contributed by atoms with van der Waals surface area (Å²) in [7, 11) is -8.78. The molecule has 3 atom stereocenters. The Morgan fingerprint density at radius 2 is 0.647 bits per heavy atom. The van der Waals surface area contributed by atoms with Crippen molar-refractivity contribution in [2.75, 3.05) is 19.8 Å². The zero-order valence-corrected chi connectivity index (χ0v) is 25.6. The number of hydrogen-bond donors (Lipinski definition) is 0. The monoisotopic (exact) mass is 589 g/mol. The molecule has 0 spiro atoms. The Hall–Kier alpha value is 0.982. The van der Waals surface area contributed by atoms with Gasteiger partial charge in [0.1, 0.15) is 24.8 Å². The fraction of sp³-hybridized carbons (Fsp3) is 1.00. The first-order valence-electron chi connectivity index (χ1n) is 12.3. The number of unbranched alkanes of at least 4 members (excludes halogenated alkanes) is 12. The van der Waals surface area contributed by atoms with Crippen molar-refractivity contribution in [3.05, 3.63) is 0 Å². The van der Waals surface area contributed by atoms with Crippen LogP contribution in [0.3, 0.4) is 0 Å². The van der Waals surface area contributed by atoms with Gasteiger partial charge >= 0.3 is 17.4 Å². The maximum Gasteiger partial charge on any atom is 3.00 e. The largest absolute Gasteiger partial charge is 3.00 e. The molecule has 0 aliphatic rings. The van der Waals surface area contributed by atoms with E-state index in [0.717, 1.165) is 38.5 Å². The Bertz CT molecular complexity index is 386. The van der Waals surface area contributed by atoms with Crippen LogP contribution in [0.2, 0.25) is 0 Å². The van der Waals surface area contributed by atoms with E-state index >= 15 is 0 Å². The van der Waals surface area contributed by atoms with Crippen LogP contribution in [0.15, 0.2) is 0 Å². The van der Waals surface area contributed by atoms with Gasteiger partial charge in [0.25, 0.3) is 0 Å². The van der Waals surface area contributed by atoms with Crippen LogP contribution in [-0.4, -0.2) is 19.8 Å². The van der Waals surface area contributed by atoms with Gasteiger partial charge in [-0.15, -0.1) is 0 Å². The van der Waals surface area contributed by atoms with Crippen molar-refractivity contribution in [3.8, 4) is 0 Å². The minimum atomic E-state index is -2.93. The van der Waals surface area contributed by atoms with Gasteiger partial charge in [0.15, 0.2) is 0 Å². The maximum atomic E-state index is 9.94. The third-order valence-corrected chi connectivity index (χ3v) is 5.72. The van der Waals surface area contributed by atoms with Crippen LogP contribution in [0, 0.1) is 0 Å². The van der Waals surface area contributed by atoms with Crippen LogP contribution in [0.4, 0.5) is 0 Å². The van der Waals surface area contributed by atoms with Crippen LogP contribution in [-0.2, 0) is 44.6 Å². The smallest absolute Gasteiger partial charge is 0.781 e. The minimum absolute atomic E-state index is 0.